The van der Waals surface area contributed by atoms with Gasteiger partial charge in [-0.2, -0.15) is 0 Å². The lowest BCUT2D eigenvalue weighted by molar-refractivity contribution is 0.0488. The summed E-state index contributed by atoms with van der Waals surface area (Å²) in [6.07, 6.45) is 2.86. The molecule has 0 amide bonds. The maximum absolute atomic E-state index is 15.4. The number of nitrogens with zero attached hydrogens (tertiary/aromatic N) is 1. The third-order valence-electron chi connectivity index (χ3n) is 7.60. The number of anilines is 2. The first-order valence-electron chi connectivity index (χ1n) is 13.3. The second kappa shape index (κ2) is 11.8. The van der Waals surface area contributed by atoms with Crippen LogP contribution in [0.1, 0.15) is 51.4 Å². The van der Waals surface area contributed by atoms with Gasteiger partial charge in [0.1, 0.15) is 11.6 Å². The van der Waals surface area contributed by atoms with Crippen molar-refractivity contribution in [2.24, 2.45) is 17.8 Å². The van der Waals surface area contributed by atoms with Crippen LogP contribution < -0.4 is 15.5 Å². The average molecular weight is 523 g/mol. The van der Waals surface area contributed by atoms with E-state index in [1.807, 2.05) is 73.6 Å². The third kappa shape index (κ3) is 6.27. The molecule has 3 aromatic carbocycles. The summed E-state index contributed by atoms with van der Waals surface area (Å²) in [6.45, 7) is 6.66. The van der Waals surface area contributed by atoms with Crippen LogP contribution in [0.25, 0.3) is 0 Å². The lowest BCUT2D eigenvalue weighted by Gasteiger charge is -2.41. The molecule has 0 aromatic heterocycles. The predicted octanol–water partition coefficient (Wildman–Crippen LogP) is 8.08. The molecule has 1 aliphatic rings. The van der Waals surface area contributed by atoms with Gasteiger partial charge in [0.25, 0.3) is 7.37 Å². The van der Waals surface area contributed by atoms with Crippen molar-refractivity contribution in [3.8, 4) is 0 Å². The fraction of sp³-hybridized carbons (Fsp3) is 0.419. The largest absolute Gasteiger partial charge is 0.378 e. The molecule has 1 aliphatic carbocycles. The van der Waals surface area contributed by atoms with Gasteiger partial charge in [-0.25, -0.2) is 4.39 Å². The van der Waals surface area contributed by atoms with Gasteiger partial charge in [-0.3, -0.25) is 4.57 Å². The number of halogens is 1. The molecule has 0 aliphatic heterocycles. The van der Waals surface area contributed by atoms with E-state index in [0.717, 1.165) is 30.6 Å². The Bertz CT molecular complexity index is 1200. The van der Waals surface area contributed by atoms with E-state index in [9.17, 15) is 0 Å². The quantitative estimate of drug-likeness (QED) is 0.289. The van der Waals surface area contributed by atoms with Crippen LogP contribution in [0, 0.1) is 23.6 Å². The number of hydrogen-bond donors (Lipinski definition) is 1. The molecule has 6 heteroatoms. The van der Waals surface area contributed by atoms with Crippen molar-refractivity contribution in [2.45, 2.75) is 51.9 Å². The van der Waals surface area contributed by atoms with Gasteiger partial charge in [0.05, 0.1) is 6.10 Å². The van der Waals surface area contributed by atoms with Crippen molar-refractivity contribution in [3.05, 3.63) is 90.2 Å². The topological polar surface area (TPSA) is 41.6 Å². The first-order chi connectivity index (χ1) is 17.7. The molecule has 5 atom stereocenters. The Morgan fingerprint density at radius 2 is 1.59 bits per heavy atom. The van der Waals surface area contributed by atoms with Gasteiger partial charge in [0, 0.05) is 36.3 Å². The predicted molar refractivity (Wildman–Crippen MR) is 153 cm³/mol. The van der Waals surface area contributed by atoms with Crippen molar-refractivity contribution in [1.82, 2.24) is 0 Å². The SMILES string of the molecule is CC(C)[C@H]1CC[C@@H](C)C[C@H]1O[P@@](=O)(c1ccc(N(C)C)cc1)[C@@H](Nc1ccccc1)c1ccccc1F. The van der Waals surface area contributed by atoms with Gasteiger partial charge in [0.15, 0.2) is 0 Å². The van der Waals surface area contributed by atoms with E-state index in [4.69, 9.17) is 4.52 Å². The molecule has 0 bridgehead atoms. The minimum atomic E-state index is -3.69. The highest BCUT2D eigenvalue weighted by Crippen LogP contribution is 2.62. The smallest absolute Gasteiger partial charge is 0.258 e. The van der Waals surface area contributed by atoms with E-state index in [0.29, 0.717) is 28.6 Å². The molecule has 3 aromatic rings. The molecule has 1 N–H and O–H groups in total. The molecule has 0 saturated heterocycles. The maximum atomic E-state index is 15.4. The lowest BCUT2D eigenvalue weighted by Crippen LogP contribution is -2.36. The second-order valence-electron chi connectivity index (χ2n) is 10.9. The lowest BCUT2D eigenvalue weighted by atomic mass is 9.75. The van der Waals surface area contributed by atoms with Gasteiger partial charge in [-0.15, -0.1) is 0 Å². The Labute approximate surface area is 221 Å². The van der Waals surface area contributed by atoms with Crippen molar-refractivity contribution in [1.29, 1.82) is 0 Å². The summed E-state index contributed by atoms with van der Waals surface area (Å²) in [6, 6.07) is 23.8. The zero-order valence-corrected chi connectivity index (χ0v) is 23.5. The minimum Gasteiger partial charge on any atom is -0.378 e. The van der Waals surface area contributed by atoms with Crippen LogP contribution in [0.5, 0.6) is 0 Å². The molecule has 4 rings (SSSR count). The Morgan fingerprint density at radius 3 is 2.22 bits per heavy atom. The molecule has 0 radical (unpaired) electrons. The van der Waals surface area contributed by atoms with Crippen molar-refractivity contribution < 1.29 is 13.5 Å². The third-order valence-corrected chi connectivity index (χ3v) is 10.3. The summed E-state index contributed by atoms with van der Waals surface area (Å²) in [5.41, 5.74) is 2.11. The highest BCUT2D eigenvalue weighted by molar-refractivity contribution is 7.67. The molecular formula is C31H40FN2O2P. The van der Waals surface area contributed by atoms with Gasteiger partial charge in [0.2, 0.25) is 0 Å². The van der Waals surface area contributed by atoms with Crippen LogP contribution in [0.2, 0.25) is 0 Å². The number of rotatable bonds is 9. The van der Waals surface area contributed by atoms with Crippen LogP contribution >= 0.6 is 7.37 Å². The molecule has 1 saturated carbocycles. The number of para-hydroxylation sites is 1. The maximum Gasteiger partial charge on any atom is 0.258 e. The molecule has 1 fully saturated rings. The summed E-state index contributed by atoms with van der Waals surface area (Å²) in [4.78, 5) is 2.00. The van der Waals surface area contributed by atoms with Gasteiger partial charge >= 0.3 is 0 Å². The van der Waals surface area contributed by atoms with Crippen LogP contribution in [0.15, 0.2) is 78.9 Å². The zero-order valence-electron chi connectivity index (χ0n) is 22.6. The van der Waals surface area contributed by atoms with Crippen LogP contribution in [0.3, 0.4) is 0 Å². The summed E-state index contributed by atoms with van der Waals surface area (Å²) in [7, 11) is 0.258. The first-order valence-corrected chi connectivity index (χ1v) is 15.0. The summed E-state index contributed by atoms with van der Waals surface area (Å²) in [5, 5.41) is 4.01. The normalized spacial score (nSPS) is 22.3. The minimum absolute atomic E-state index is 0.171. The number of nitrogens with one attached hydrogen (secondary N) is 1. The molecule has 0 spiro atoms. The molecular weight excluding hydrogens is 482 g/mol. The highest BCUT2D eigenvalue weighted by atomic mass is 31.2. The molecule has 0 heterocycles. The van der Waals surface area contributed by atoms with E-state index in [2.05, 4.69) is 26.1 Å². The fourth-order valence-electron chi connectivity index (χ4n) is 5.40. The van der Waals surface area contributed by atoms with Crippen molar-refractivity contribution >= 4 is 24.0 Å². The molecule has 198 valence electrons. The summed E-state index contributed by atoms with van der Waals surface area (Å²) in [5.74, 6) is -0.105. The van der Waals surface area contributed by atoms with Gasteiger partial charge in [-0.05, 0) is 73.1 Å². The van der Waals surface area contributed by atoms with E-state index >= 15 is 8.96 Å². The fourth-order valence-corrected chi connectivity index (χ4v) is 8.05. The zero-order chi connectivity index (χ0) is 26.6. The molecule has 4 nitrogen and oxygen atoms in total. The van der Waals surface area contributed by atoms with Gasteiger partial charge < -0.3 is 14.7 Å². The van der Waals surface area contributed by atoms with Crippen LogP contribution in [0.4, 0.5) is 15.8 Å². The van der Waals surface area contributed by atoms with E-state index in [1.165, 1.54) is 6.07 Å². The average Bonchev–Trinajstić information content (AvgIpc) is 2.88. The second-order valence-corrected chi connectivity index (χ2v) is 13.3. The summed E-state index contributed by atoms with van der Waals surface area (Å²) >= 11 is 0. The van der Waals surface area contributed by atoms with Crippen molar-refractivity contribution in [2.75, 3.05) is 24.3 Å². The Balaban J connectivity index is 1.86. The monoisotopic (exact) mass is 522 g/mol. The Hall–Kier alpha value is -2.62. The van der Waals surface area contributed by atoms with Gasteiger partial charge in [-0.1, -0.05) is 63.6 Å². The molecule has 0 unspecified atom stereocenters. The number of benzene rings is 3. The standard InChI is InChI=1S/C31H40FN2O2P/c1-22(2)27-20-15-23(3)21-30(27)36-37(35,26-18-16-25(17-19-26)34(4)5)31(28-13-9-10-14-29(28)32)33-24-11-7-6-8-12-24/h6-14,16-19,22-23,27,30-31,33H,15,20-21H2,1-5H3/t23-,27-,30-,31-,37+/m1/s1. The van der Waals surface area contributed by atoms with E-state index in [-0.39, 0.29) is 6.10 Å². The van der Waals surface area contributed by atoms with E-state index < -0.39 is 19.0 Å². The van der Waals surface area contributed by atoms with Crippen molar-refractivity contribution in [3.63, 3.8) is 0 Å². The Kier molecular flexibility index (Phi) is 8.77. The number of hydrogen-bond acceptors (Lipinski definition) is 4. The first kappa shape index (κ1) is 27.4. The molecule has 37 heavy (non-hydrogen) atoms. The van der Waals surface area contributed by atoms with Crippen LogP contribution in [-0.4, -0.2) is 20.2 Å². The Morgan fingerprint density at radius 1 is 0.946 bits per heavy atom. The highest BCUT2D eigenvalue weighted by Gasteiger charge is 2.44. The summed E-state index contributed by atoms with van der Waals surface area (Å²) < 4.78 is 37.7. The van der Waals surface area contributed by atoms with E-state index in [1.54, 1.807) is 18.2 Å². The van der Waals surface area contributed by atoms with Crippen LogP contribution in [-0.2, 0) is 9.09 Å².